The first-order valence-electron chi connectivity index (χ1n) is 7.66. The molecular weight excluding hydrogens is 276 g/mol. The van der Waals surface area contributed by atoms with Crippen LogP contribution >= 0.6 is 0 Å². The van der Waals surface area contributed by atoms with Crippen molar-refractivity contribution in [3.05, 3.63) is 52.4 Å². The highest BCUT2D eigenvalue weighted by molar-refractivity contribution is 5.66. The van der Waals surface area contributed by atoms with Crippen molar-refractivity contribution in [1.82, 2.24) is 19.6 Å². The summed E-state index contributed by atoms with van der Waals surface area (Å²) in [5, 5.41) is 4.14. The van der Waals surface area contributed by atoms with Crippen molar-refractivity contribution in [3.8, 4) is 11.1 Å². The maximum absolute atomic E-state index is 11.8. The molecule has 1 aromatic heterocycles. The molecule has 3 rings (SSSR count). The first-order valence-corrected chi connectivity index (χ1v) is 7.66. The second-order valence-electron chi connectivity index (χ2n) is 5.94. The molecule has 116 valence electrons. The van der Waals surface area contributed by atoms with Gasteiger partial charge in [0.1, 0.15) is 0 Å². The van der Waals surface area contributed by atoms with Crippen LogP contribution in [0.1, 0.15) is 5.56 Å². The molecule has 0 N–H and O–H groups in total. The molecule has 1 aromatic carbocycles. The molecule has 2 aromatic rings. The summed E-state index contributed by atoms with van der Waals surface area (Å²) >= 11 is 0. The molecule has 1 fully saturated rings. The lowest BCUT2D eigenvalue weighted by molar-refractivity contribution is 0.148. The normalized spacial score (nSPS) is 16.8. The van der Waals surface area contributed by atoms with Crippen LogP contribution in [0.5, 0.6) is 0 Å². The third kappa shape index (κ3) is 3.26. The first-order chi connectivity index (χ1) is 10.6. The highest BCUT2D eigenvalue weighted by Crippen LogP contribution is 2.23. The molecule has 1 aliphatic heterocycles. The standard InChI is InChI=1S/C17H22N4O/c1-19-7-9-21(10-8-19)13-14-5-3-4-6-16(14)15-11-17(22)20(2)18-12-15/h3-6,11-12H,7-10,13H2,1-2H3. The number of hydrogen-bond acceptors (Lipinski definition) is 4. The van der Waals surface area contributed by atoms with Crippen molar-refractivity contribution >= 4 is 0 Å². The molecule has 5 nitrogen and oxygen atoms in total. The van der Waals surface area contributed by atoms with E-state index in [2.05, 4.69) is 40.1 Å². The molecule has 1 saturated heterocycles. The molecular formula is C17H22N4O. The Balaban J connectivity index is 1.86. The monoisotopic (exact) mass is 298 g/mol. The van der Waals surface area contributed by atoms with Crippen molar-refractivity contribution in [2.24, 2.45) is 7.05 Å². The average Bonchev–Trinajstić information content (AvgIpc) is 2.53. The minimum Gasteiger partial charge on any atom is -0.304 e. The van der Waals surface area contributed by atoms with E-state index in [9.17, 15) is 4.79 Å². The highest BCUT2D eigenvalue weighted by atomic mass is 16.1. The van der Waals surface area contributed by atoms with Gasteiger partial charge in [-0.05, 0) is 18.2 Å². The maximum Gasteiger partial charge on any atom is 0.267 e. The lowest BCUT2D eigenvalue weighted by atomic mass is 10.0. The Morgan fingerprint density at radius 3 is 2.55 bits per heavy atom. The summed E-state index contributed by atoms with van der Waals surface area (Å²) < 4.78 is 1.35. The summed E-state index contributed by atoms with van der Waals surface area (Å²) in [7, 11) is 3.83. The Kier molecular flexibility index (Phi) is 4.36. The lowest BCUT2D eigenvalue weighted by Crippen LogP contribution is -2.43. The summed E-state index contributed by atoms with van der Waals surface area (Å²) in [6, 6.07) is 9.95. The van der Waals surface area contributed by atoms with E-state index in [1.54, 1.807) is 19.3 Å². The van der Waals surface area contributed by atoms with Gasteiger partial charge in [-0.2, -0.15) is 5.10 Å². The first kappa shape index (κ1) is 14.9. The molecule has 0 amide bonds. The Labute approximate surface area is 130 Å². The molecule has 22 heavy (non-hydrogen) atoms. The van der Waals surface area contributed by atoms with Gasteiger partial charge in [0.05, 0.1) is 6.20 Å². The summed E-state index contributed by atoms with van der Waals surface area (Å²) in [6.45, 7) is 5.30. The molecule has 0 spiro atoms. The molecule has 5 heteroatoms. The average molecular weight is 298 g/mol. The number of piperazine rings is 1. The number of benzene rings is 1. The van der Waals surface area contributed by atoms with Crippen molar-refractivity contribution in [1.29, 1.82) is 0 Å². The van der Waals surface area contributed by atoms with E-state index in [1.165, 1.54) is 10.2 Å². The lowest BCUT2D eigenvalue weighted by Gasteiger charge is -2.32. The van der Waals surface area contributed by atoms with E-state index in [1.807, 2.05) is 6.07 Å². The molecule has 1 aliphatic rings. The van der Waals surface area contributed by atoms with Gasteiger partial charge in [0, 0.05) is 51.4 Å². The van der Waals surface area contributed by atoms with Crippen LogP contribution in [0.15, 0.2) is 41.3 Å². The van der Waals surface area contributed by atoms with Gasteiger partial charge >= 0.3 is 0 Å². The largest absolute Gasteiger partial charge is 0.304 e. The van der Waals surface area contributed by atoms with Crippen LogP contribution in [0.25, 0.3) is 11.1 Å². The quantitative estimate of drug-likeness (QED) is 0.854. The minimum atomic E-state index is -0.0769. The zero-order valence-electron chi connectivity index (χ0n) is 13.2. The van der Waals surface area contributed by atoms with Gasteiger partial charge in [0.2, 0.25) is 0 Å². The van der Waals surface area contributed by atoms with Crippen LogP contribution in [-0.4, -0.2) is 52.8 Å². The fourth-order valence-electron chi connectivity index (χ4n) is 2.80. The van der Waals surface area contributed by atoms with E-state index in [0.29, 0.717) is 0 Å². The van der Waals surface area contributed by atoms with Gasteiger partial charge in [-0.25, -0.2) is 4.68 Å². The molecule has 2 heterocycles. The predicted octanol–water partition coefficient (Wildman–Crippen LogP) is 1.19. The number of rotatable bonds is 3. The third-order valence-corrected chi connectivity index (χ3v) is 4.29. The Bertz CT molecular complexity index is 702. The minimum absolute atomic E-state index is 0.0769. The zero-order chi connectivity index (χ0) is 15.5. The maximum atomic E-state index is 11.8. The number of aryl methyl sites for hydroxylation is 1. The number of hydrogen-bond donors (Lipinski definition) is 0. The number of likely N-dealkylation sites (N-methyl/N-ethyl adjacent to an activating group) is 1. The Hall–Kier alpha value is -1.98. The van der Waals surface area contributed by atoms with Crippen LogP contribution in [0, 0.1) is 0 Å². The number of nitrogens with zero attached hydrogens (tertiary/aromatic N) is 4. The molecule has 0 aliphatic carbocycles. The van der Waals surface area contributed by atoms with E-state index in [0.717, 1.165) is 43.9 Å². The van der Waals surface area contributed by atoms with E-state index in [-0.39, 0.29) is 5.56 Å². The van der Waals surface area contributed by atoms with E-state index >= 15 is 0 Å². The van der Waals surface area contributed by atoms with Crippen LogP contribution in [0.4, 0.5) is 0 Å². The SMILES string of the molecule is CN1CCN(Cc2ccccc2-c2cnn(C)c(=O)c2)CC1. The van der Waals surface area contributed by atoms with Crippen molar-refractivity contribution in [2.75, 3.05) is 33.2 Å². The van der Waals surface area contributed by atoms with Gasteiger partial charge in [-0.1, -0.05) is 24.3 Å². The van der Waals surface area contributed by atoms with Crippen LogP contribution in [-0.2, 0) is 13.6 Å². The van der Waals surface area contributed by atoms with Crippen LogP contribution < -0.4 is 5.56 Å². The second-order valence-corrected chi connectivity index (χ2v) is 5.94. The summed E-state index contributed by atoms with van der Waals surface area (Å²) in [5.41, 5.74) is 3.17. The second kappa shape index (κ2) is 6.42. The zero-order valence-corrected chi connectivity index (χ0v) is 13.2. The summed E-state index contributed by atoms with van der Waals surface area (Å²) in [6.07, 6.45) is 1.77. The van der Waals surface area contributed by atoms with Crippen molar-refractivity contribution in [3.63, 3.8) is 0 Å². The van der Waals surface area contributed by atoms with Gasteiger partial charge in [0.15, 0.2) is 0 Å². The van der Waals surface area contributed by atoms with E-state index < -0.39 is 0 Å². The highest BCUT2D eigenvalue weighted by Gasteiger charge is 2.15. The van der Waals surface area contributed by atoms with Crippen molar-refractivity contribution < 1.29 is 0 Å². The molecule has 0 atom stereocenters. The third-order valence-electron chi connectivity index (χ3n) is 4.29. The van der Waals surface area contributed by atoms with Crippen LogP contribution in [0.3, 0.4) is 0 Å². The fraction of sp³-hybridized carbons (Fsp3) is 0.412. The predicted molar refractivity (Wildman–Crippen MR) is 87.7 cm³/mol. The van der Waals surface area contributed by atoms with Crippen molar-refractivity contribution in [2.45, 2.75) is 6.54 Å². The smallest absolute Gasteiger partial charge is 0.267 e. The Morgan fingerprint density at radius 1 is 1.09 bits per heavy atom. The molecule has 0 bridgehead atoms. The molecule has 0 unspecified atom stereocenters. The van der Waals surface area contributed by atoms with Gasteiger partial charge < -0.3 is 4.90 Å². The van der Waals surface area contributed by atoms with Gasteiger partial charge in [-0.3, -0.25) is 9.69 Å². The topological polar surface area (TPSA) is 41.4 Å². The molecule has 0 radical (unpaired) electrons. The van der Waals surface area contributed by atoms with E-state index in [4.69, 9.17) is 0 Å². The fourth-order valence-corrected chi connectivity index (χ4v) is 2.80. The summed E-state index contributed by atoms with van der Waals surface area (Å²) in [5.74, 6) is 0. The van der Waals surface area contributed by atoms with Gasteiger partial charge in [0.25, 0.3) is 5.56 Å². The van der Waals surface area contributed by atoms with Gasteiger partial charge in [-0.15, -0.1) is 0 Å². The molecule has 0 saturated carbocycles. The van der Waals surface area contributed by atoms with Crippen LogP contribution in [0.2, 0.25) is 0 Å². The summed E-state index contributed by atoms with van der Waals surface area (Å²) in [4.78, 5) is 16.7. The Morgan fingerprint density at radius 2 is 1.82 bits per heavy atom. The number of aromatic nitrogens is 2.